The van der Waals surface area contributed by atoms with Gasteiger partial charge in [-0.05, 0) is 61.5 Å². The van der Waals surface area contributed by atoms with Crippen LogP contribution in [0.5, 0.6) is 5.75 Å². The zero-order chi connectivity index (χ0) is 22.0. The van der Waals surface area contributed by atoms with Crippen LogP contribution in [0.25, 0.3) is 16.9 Å². The molecule has 0 N–H and O–H groups in total. The number of amides is 1. The summed E-state index contributed by atoms with van der Waals surface area (Å²) in [6.45, 7) is 8.17. The normalized spacial score (nSPS) is 14.6. The molecule has 0 spiro atoms. The van der Waals surface area contributed by atoms with Gasteiger partial charge >= 0.3 is 0 Å². The van der Waals surface area contributed by atoms with Crippen LogP contribution in [0.4, 0.5) is 4.39 Å². The molecular formula is C25H28FN3O2. The molecule has 4 rings (SSSR count). The van der Waals surface area contributed by atoms with Crippen molar-refractivity contribution in [2.75, 3.05) is 39.8 Å². The van der Waals surface area contributed by atoms with E-state index in [9.17, 15) is 9.18 Å². The number of methoxy groups -OCH3 is 1. The number of ether oxygens (including phenoxy) is 1. The first-order valence-electron chi connectivity index (χ1n) is 10.7. The molecule has 0 saturated carbocycles. The van der Waals surface area contributed by atoms with Gasteiger partial charge in [0.25, 0.3) is 5.91 Å². The maximum absolute atomic E-state index is 14.8. The molecule has 1 fully saturated rings. The largest absolute Gasteiger partial charge is 0.497 e. The zero-order valence-electron chi connectivity index (χ0n) is 18.3. The third-order valence-electron chi connectivity index (χ3n) is 6.06. The third-order valence-corrected chi connectivity index (χ3v) is 6.06. The Morgan fingerprint density at radius 1 is 1.03 bits per heavy atom. The van der Waals surface area contributed by atoms with Crippen molar-refractivity contribution in [3.05, 3.63) is 71.7 Å². The van der Waals surface area contributed by atoms with Gasteiger partial charge in [-0.1, -0.05) is 19.1 Å². The average molecular weight is 422 g/mol. The smallest absolute Gasteiger partial charge is 0.255 e. The Bertz CT molecular complexity index is 1070. The predicted octanol–water partition coefficient (Wildman–Crippen LogP) is 4.38. The number of likely N-dealkylation sites (N-methyl/N-ethyl adjacent to an activating group) is 1. The van der Waals surface area contributed by atoms with Crippen LogP contribution >= 0.6 is 0 Å². The molecule has 0 bridgehead atoms. The Kier molecular flexibility index (Phi) is 6.09. The minimum Gasteiger partial charge on any atom is -0.497 e. The van der Waals surface area contributed by atoms with Crippen LogP contribution in [0, 0.1) is 12.7 Å². The standard InChI is InChI=1S/C25H28FN3O2/c1-4-27-13-15-28(16-14-27)25(30)21-17-24(19-9-11-20(31-3)12-10-19)29(18(21)2)23-8-6-5-7-22(23)26/h5-12,17H,4,13-16H2,1-3H3. The molecule has 0 unspecified atom stereocenters. The summed E-state index contributed by atoms with van der Waals surface area (Å²) < 4.78 is 21.9. The van der Waals surface area contributed by atoms with E-state index in [2.05, 4.69) is 11.8 Å². The molecule has 1 amide bonds. The molecule has 162 valence electrons. The highest BCUT2D eigenvalue weighted by atomic mass is 19.1. The van der Waals surface area contributed by atoms with Gasteiger partial charge in [0.2, 0.25) is 0 Å². The summed E-state index contributed by atoms with van der Waals surface area (Å²) in [5, 5.41) is 0. The van der Waals surface area contributed by atoms with Crippen molar-refractivity contribution in [3.8, 4) is 22.7 Å². The molecule has 2 heterocycles. The molecule has 0 atom stereocenters. The first-order valence-corrected chi connectivity index (χ1v) is 10.7. The van der Waals surface area contributed by atoms with Crippen LogP contribution in [0.3, 0.4) is 0 Å². The second-order valence-electron chi connectivity index (χ2n) is 7.77. The quantitative estimate of drug-likeness (QED) is 0.614. The van der Waals surface area contributed by atoms with E-state index in [1.165, 1.54) is 6.07 Å². The van der Waals surface area contributed by atoms with E-state index in [0.29, 0.717) is 24.3 Å². The minimum absolute atomic E-state index is 0.00176. The Labute approximate surface area is 182 Å². The number of aromatic nitrogens is 1. The summed E-state index contributed by atoms with van der Waals surface area (Å²) in [6, 6.07) is 16.1. The number of nitrogens with zero attached hydrogens (tertiary/aromatic N) is 3. The minimum atomic E-state index is -0.327. The van der Waals surface area contributed by atoms with E-state index in [1.54, 1.807) is 25.3 Å². The van der Waals surface area contributed by atoms with Crippen LogP contribution in [-0.4, -0.2) is 60.1 Å². The van der Waals surface area contributed by atoms with Gasteiger partial charge in [0.15, 0.2) is 0 Å². The summed E-state index contributed by atoms with van der Waals surface area (Å²) >= 11 is 0. The van der Waals surface area contributed by atoms with Gasteiger partial charge in [-0.25, -0.2) is 4.39 Å². The number of benzene rings is 2. The highest BCUT2D eigenvalue weighted by molar-refractivity contribution is 5.97. The first kappa shape index (κ1) is 21.1. The summed E-state index contributed by atoms with van der Waals surface area (Å²) in [4.78, 5) is 17.6. The summed E-state index contributed by atoms with van der Waals surface area (Å²) in [6.07, 6.45) is 0. The molecule has 1 aromatic heterocycles. The number of para-hydroxylation sites is 1. The van der Waals surface area contributed by atoms with Gasteiger partial charge in [-0.3, -0.25) is 4.79 Å². The molecule has 5 nitrogen and oxygen atoms in total. The second-order valence-corrected chi connectivity index (χ2v) is 7.77. The second kappa shape index (κ2) is 8.94. The number of halogens is 1. The summed E-state index contributed by atoms with van der Waals surface area (Å²) in [7, 11) is 1.62. The molecular weight excluding hydrogens is 393 g/mol. The van der Waals surface area contributed by atoms with Crippen LogP contribution in [0.1, 0.15) is 23.0 Å². The number of hydrogen-bond donors (Lipinski definition) is 0. The van der Waals surface area contributed by atoms with Gasteiger partial charge in [0, 0.05) is 31.9 Å². The van der Waals surface area contributed by atoms with Crippen molar-refractivity contribution < 1.29 is 13.9 Å². The number of carbonyl (C=O) groups is 1. The maximum Gasteiger partial charge on any atom is 0.255 e. The van der Waals surface area contributed by atoms with Gasteiger partial charge in [0.05, 0.1) is 24.1 Å². The predicted molar refractivity (Wildman–Crippen MR) is 120 cm³/mol. The molecule has 1 aliphatic rings. The van der Waals surface area contributed by atoms with E-state index < -0.39 is 0 Å². The lowest BCUT2D eigenvalue weighted by molar-refractivity contribution is 0.0642. The first-order chi connectivity index (χ1) is 15.0. The molecule has 0 radical (unpaired) electrons. The highest BCUT2D eigenvalue weighted by Crippen LogP contribution is 2.32. The van der Waals surface area contributed by atoms with Crippen molar-refractivity contribution in [1.29, 1.82) is 0 Å². The Hall–Kier alpha value is -3.12. The van der Waals surface area contributed by atoms with Crippen molar-refractivity contribution in [2.24, 2.45) is 0 Å². The number of carbonyl (C=O) groups excluding carboxylic acids is 1. The fourth-order valence-corrected chi connectivity index (χ4v) is 4.18. The molecule has 2 aromatic carbocycles. The SMILES string of the molecule is CCN1CCN(C(=O)c2cc(-c3ccc(OC)cc3)n(-c3ccccc3F)c2C)CC1. The topological polar surface area (TPSA) is 37.7 Å². The lowest BCUT2D eigenvalue weighted by atomic mass is 10.1. The van der Waals surface area contributed by atoms with E-state index in [4.69, 9.17) is 4.74 Å². The van der Waals surface area contributed by atoms with E-state index in [-0.39, 0.29) is 11.7 Å². The van der Waals surface area contributed by atoms with Crippen LogP contribution in [-0.2, 0) is 0 Å². The molecule has 31 heavy (non-hydrogen) atoms. The zero-order valence-corrected chi connectivity index (χ0v) is 18.3. The van der Waals surface area contributed by atoms with Crippen LogP contribution in [0.15, 0.2) is 54.6 Å². The molecule has 0 aliphatic carbocycles. The van der Waals surface area contributed by atoms with Gasteiger partial charge in [-0.15, -0.1) is 0 Å². The fraction of sp³-hybridized carbons (Fsp3) is 0.320. The Balaban J connectivity index is 1.79. The van der Waals surface area contributed by atoms with Gasteiger partial charge in [-0.2, -0.15) is 0 Å². The highest BCUT2D eigenvalue weighted by Gasteiger charge is 2.26. The number of hydrogen-bond acceptors (Lipinski definition) is 3. The fourth-order valence-electron chi connectivity index (χ4n) is 4.18. The summed E-state index contributed by atoms with van der Waals surface area (Å²) in [5.74, 6) is 0.416. The van der Waals surface area contributed by atoms with Crippen molar-refractivity contribution in [3.63, 3.8) is 0 Å². The lowest BCUT2D eigenvalue weighted by Gasteiger charge is -2.34. The molecule has 1 saturated heterocycles. The number of piperazine rings is 1. The number of rotatable bonds is 5. The van der Waals surface area contributed by atoms with E-state index in [1.807, 2.05) is 46.7 Å². The average Bonchev–Trinajstić information content (AvgIpc) is 3.16. The third kappa shape index (κ3) is 4.08. The summed E-state index contributed by atoms with van der Waals surface area (Å²) in [5.41, 5.74) is 3.45. The Morgan fingerprint density at radius 2 is 1.71 bits per heavy atom. The van der Waals surface area contributed by atoms with Crippen molar-refractivity contribution >= 4 is 5.91 Å². The monoisotopic (exact) mass is 421 g/mol. The van der Waals surface area contributed by atoms with Gasteiger partial charge in [0.1, 0.15) is 11.6 Å². The van der Waals surface area contributed by atoms with Crippen molar-refractivity contribution in [1.82, 2.24) is 14.4 Å². The molecule has 3 aromatic rings. The Morgan fingerprint density at radius 3 is 2.32 bits per heavy atom. The van der Waals surface area contributed by atoms with Crippen molar-refractivity contribution in [2.45, 2.75) is 13.8 Å². The van der Waals surface area contributed by atoms with E-state index >= 15 is 0 Å². The molecule has 6 heteroatoms. The van der Waals surface area contributed by atoms with Crippen LogP contribution in [0.2, 0.25) is 0 Å². The van der Waals surface area contributed by atoms with Gasteiger partial charge < -0.3 is 19.1 Å². The molecule has 1 aliphatic heterocycles. The maximum atomic E-state index is 14.8. The van der Waals surface area contributed by atoms with E-state index in [0.717, 1.165) is 42.3 Å². The van der Waals surface area contributed by atoms with Crippen LogP contribution < -0.4 is 4.74 Å². The lowest BCUT2D eigenvalue weighted by Crippen LogP contribution is -2.48.